The van der Waals surface area contributed by atoms with Gasteiger partial charge in [0.2, 0.25) is 5.91 Å². The average molecular weight is 269 g/mol. The highest BCUT2D eigenvalue weighted by Crippen LogP contribution is 2.19. The van der Waals surface area contributed by atoms with Crippen LogP contribution < -0.4 is 5.32 Å². The van der Waals surface area contributed by atoms with Crippen LogP contribution in [0.5, 0.6) is 0 Å². The van der Waals surface area contributed by atoms with Gasteiger partial charge >= 0.3 is 0 Å². The van der Waals surface area contributed by atoms with Crippen molar-refractivity contribution in [2.45, 2.75) is 26.7 Å². The molecule has 1 aromatic carbocycles. The van der Waals surface area contributed by atoms with Crippen molar-refractivity contribution in [1.29, 1.82) is 0 Å². The Bertz CT molecular complexity index is 407. The predicted octanol–water partition coefficient (Wildman–Crippen LogP) is 3.32. The number of hydrogen-bond acceptors (Lipinski definition) is 2. The van der Waals surface area contributed by atoms with Crippen LogP contribution in [-0.4, -0.2) is 30.9 Å². The molecule has 0 spiro atoms. The van der Waals surface area contributed by atoms with Crippen LogP contribution in [0.1, 0.15) is 25.3 Å². The number of nitrogens with one attached hydrogen (secondary N) is 1. The first-order valence-electron chi connectivity index (χ1n) is 6.28. The number of carbonyl (C=O) groups excluding carboxylic acids is 1. The Labute approximate surface area is 114 Å². The number of likely N-dealkylation sites (N-methyl/N-ethyl adjacent to an activating group) is 1. The molecule has 3 nitrogen and oxygen atoms in total. The molecular weight excluding hydrogens is 248 g/mol. The van der Waals surface area contributed by atoms with Crippen LogP contribution in [0, 0.1) is 6.92 Å². The van der Waals surface area contributed by atoms with Gasteiger partial charge in [-0.3, -0.25) is 4.79 Å². The monoisotopic (exact) mass is 268 g/mol. The van der Waals surface area contributed by atoms with E-state index >= 15 is 0 Å². The summed E-state index contributed by atoms with van der Waals surface area (Å²) >= 11 is 6.02. The van der Waals surface area contributed by atoms with Crippen molar-refractivity contribution in [3.8, 4) is 0 Å². The zero-order valence-electron chi connectivity index (χ0n) is 11.3. The standard InChI is InChI=1S/C14H21ClN2O/c1-4-5-8-17(3)14(18)10-16-12-7-6-11(2)13(15)9-12/h6-7,9,16H,4-5,8,10H2,1-3H3. The number of carbonyl (C=O) groups is 1. The molecule has 0 radical (unpaired) electrons. The molecule has 1 aromatic rings. The third kappa shape index (κ3) is 4.57. The summed E-state index contributed by atoms with van der Waals surface area (Å²) in [6.45, 7) is 5.19. The van der Waals surface area contributed by atoms with Gasteiger partial charge in [-0.1, -0.05) is 31.0 Å². The summed E-state index contributed by atoms with van der Waals surface area (Å²) in [4.78, 5) is 13.6. The minimum absolute atomic E-state index is 0.0974. The number of unbranched alkanes of at least 4 members (excludes halogenated alkanes) is 1. The Balaban J connectivity index is 2.44. The zero-order chi connectivity index (χ0) is 13.5. The maximum absolute atomic E-state index is 11.8. The van der Waals surface area contributed by atoms with Crippen molar-refractivity contribution in [1.82, 2.24) is 4.90 Å². The molecule has 0 saturated carbocycles. The minimum atomic E-state index is 0.0974. The Morgan fingerprint density at radius 3 is 2.78 bits per heavy atom. The quantitative estimate of drug-likeness (QED) is 0.858. The van der Waals surface area contributed by atoms with Gasteiger partial charge in [0, 0.05) is 24.3 Å². The van der Waals surface area contributed by atoms with E-state index in [2.05, 4.69) is 12.2 Å². The highest BCUT2D eigenvalue weighted by atomic mass is 35.5. The van der Waals surface area contributed by atoms with E-state index in [0.717, 1.165) is 30.6 Å². The number of aryl methyl sites for hydroxylation is 1. The first-order chi connectivity index (χ1) is 8.54. The van der Waals surface area contributed by atoms with Gasteiger partial charge in [0.05, 0.1) is 6.54 Å². The van der Waals surface area contributed by atoms with E-state index in [1.807, 2.05) is 32.2 Å². The average Bonchev–Trinajstić information content (AvgIpc) is 2.36. The van der Waals surface area contributed by atoms with Crippen LogP contribution in [0.3, 0.4) is 0 Å². The van der Waals surface area contributed by atoms with Crippen molar-refractivity contribution >= 4 is 23.2 Å². The predicted molar refractivity (Wildman–Crippen MR) is 77.2 cm³/mol. The second-order valence-corrected chi connectivity index (χ2v) is 4.89. The molecule has 4 heteroatoms. The first kappa shape index (κ1) is 14.8. The number of nitrogens with zero attached hydrogens (tertiary/aromatic N) is 1. The summed E-state index contributed by atoms with van der Waals surface area (Å²) in [7, 11) is 1.84. The van der Waals surface area contributed by atoms with Crippen LogP contribution in [0.15, 0.2) is 18.2 Å². The molecule has 1 amide bonds. The van der Waals surface area contributed by atoms with Gasteiger partial charge in [-0.15, -0.1) is 0 Å². The van der Waals surface area contributed by atoms with E-state index in [9.17, 15) is 4.79 Å². The van der Waals surface area contributed by atoms with Gasteiger partial charge in [-0.25, -0.2) is 0 Å². The Morgan fingerprint density at radius 1 is 1.44 bits per heavy atom. The molecule has 0 heterocycles. The Morgan fingerprint density at radius 2 is 2.17 bits per heavy atom. The highest BCUT2D eigenvalue weighted by Gasteiger charge is 2.07. The van der Waals surface area contributed by atoms with Gasteiger partial charge in [-0.2, -0.15) is 0 Å². The fourth-order valence-corrected chi connectivity index (χ4v) is 1.72. The summed E-state index contributed by atoms with van der Waals surface area (Å²) < 4.78 is 0. The fraction of sp³-hybridized carbons (Fsp3) is 0.500. The lowest BCUT2D eigenvalue weighted by atomic mass is 10.2. The molecule has 0 aromatic heterocycles. The van der Waals surface area contributed by atoms with Crippen LogP contribution in [-0.2, 0) is 4.79 Å². The molecule has 0 bridgehead atoms. The van der Waals surface area contributed by atoms with E-state index in [-0.39, 0.29) is 5.91 Å². The van der Waals surface area contributed by atoms with Crippen molar-refractivity contribution in [2.24, 2.45) is 0 Å². The van der Waals surface area contributed by atoms with Gasteiger partial charge in [0.1, 0.15) is 0 Å². The molecule has 0 unspecified atom stereocenters. The normalized spacial score (nSPS) is 10.2. The topological polar surface area (TPSA) is 32.3 Å². The molecule has 100 valence electrons. The Kier molecular flexibility index (Phi) is 5.99. The lowest BCUT2D eigenvalue weighted by Gasteiger charge is -2.17. The third-order valence-corrected chi connectivity index (χ3v) is 3.30. The number of benzene rings is 1. The molecule has 0 fully saturated rings. The summed E-state index contributed by atoms with van der Waals surface area (Å²) in [6, 6.07) is 5.71. The third-order valence-electron chi connectivity index (χ3n) is 2.89. The molecule has 1 N–H and O–H groups in total. The molecule has 0 saturated heterocycles. The molecule has 0 aliphatic carbocycles. The van der Waals surface area contributed by atoms with E-state index < -0.39 is 0 Å². The van der Waals surface area contributed by atoms with E-state index in [4.69, 9.17) is 11.6 Å². The van der Waals surface area contributed by atoms with E-state index in [1.165, 1.54) is 0 Å². The molecule has 18 heavy (non-hydrogen) atoms. The smallest absolute Gasteiger partial charge is 0.241 e. The van der Waals surface area contributed by atoms with Gasteiger partial charge in [0.25, 0.3) is 0 Å². The maximum Gasteiger partial charge on any atom is 0.241 e. The molecule has 0 aliphatic heterocycles. The maximum atomic E-state index is 11.8. The van der Waals surface area contributed by atoms with Crippen LogP contribution in [0.2, 0.25) is 5.02 Å². The van der Waals surface area contributed by atoms with Gasteiger partial charge in [-0.05, 0) is 31.0 Å². The number of halogens is 1. The van der Waals surface area contributed by atoms with Gasteiger partial charge < -0.3 is 10.2 Å². The zero-order valence-corrected chi connectivity index (χ0v) is 12.0. The first-order valence-corrected chi connectivity index (χ1v) is 6.66. The van der Waals surface area contributed by atoms with Crippen molar-refractivity contribution in [2.75, 3.05) is 25.5 Å². The number of anilines is 1. The second kappa shape index (κ2) is 7.27. The summed E-state index contributed by atoms with van der Waals surface area (Å²) in [5, 5.41) is 3.81. The summed E-state index contributed by atoms with van der Waals surface area (Å²) in [5.74, 6) is 0.0974. The van der Waals surface area contributed by atoms with Crippen molar-refractivity contribution in [3.63, 3.8) is 0 Å². The van der Waals surface area contributed by atoms with Crippen molar-refractivity contribution < 1.29 is 4.79 Å². The number of hydrogen-bond donors (Lipinski definition) is 1. The highest BCUT2D eigenvalue weighted by molar-refractivity contribution is 6.31. The number of rotatable bonds is 6. The summed E-state index contributed by atoms with van der Waals surface area (Å²) in [6.07, 6.45) is 2.14. The van der Waals surface area contributed by atoms with Crippen molar-refractivity contribution in [3.05, 3.63) is 28.8 Å². The fourth-order valence-electron chi connectivity index (χ4n) is 1.54. The van der Waals surface area contributed by atoms with E-state index in [0.29, 0.717) is 11.6 Å². The molecule has 0 atom stereocenters. The molecule has 0 aliphatic rings. The summed E-state index contributed by atoms with van der Waals surface area (Å²) in [5.41, 5.74) is 1.91. The minimum Gasteiger partial charge on any atom is -0.376 e. The largest absolute Gasteiger partial charge is 0.376 e. The van der Waals surface area contributed by atoms with Gasteiger partial charge in [0.15, 0.2) is 0 Å². The molecule has 1 rings (SSSR count). The van der Waals surface area contributed by atoms with Crippen LogP contribution in [0.25, 0.3) is 0 Å². The lowest BCUT2D eigenvalue weighted by molar-refractivity contribution is -0.128. The van der Waals surface area contributed by atoms with Crippen LogP contribution in [0.4, 0.5) is 5.69 Å². The SMILES string of the molecule is CCCCN(C)C(=O)CNc1ccc(C)c(Cl)c1. The number of amides is 1. The Hall–Kier alpha value is -1.22. The molecular formula is C14H21ClN2O. The lowest BCUT2D eigenvalue weighted by Crippen LogP contribution is -2.32. The second-order valence-electron chi connectivity index (χ2n) is 4.49. The van der Waals surface area contributed by atoms with Crippen LogP contribution >= 0.6 is 11.6 Å². The van der Waals surface area contributed by atoms with E-state index in [1.54, 1.807) is 4.90 Å².